The zero-order valence-electron chi connectivity index (χ0n) is 13.5. The van der Waals surface area contributed by atoms with E-state index in [1.54, 1.807) is 0 Å². The van der Waals surface area contributed by atoms with Gasteiger partial charge in [-0.05, 0) is 37.9 Å². The highest BCUT2D eigenvalue weighted by atomic mass is 35.5. The molecule has 1 amide bonds. The first-order chi connectivity index (χ1) is 9.65. The Morgan fingerprint density at radius 2 is 1.67 bits per heavy atom. The molecule has 120 valence electrons. The SMILES string of the molecule is CCCCCCCNCC(=O)Nc1c(C)cccc1C.Cl. The van der Waals surface area contributed by atoms with E-state index in [-0.39, 0.29) is 18.3 Å². The van der Waals surface area contributed by atoms with Gasteiger partial charge >= 0.3 is 0 Å². The summed E-state index contributed by atoms with van der Waals surface area (Å²) < 4.78 is 0. The molecule has 1 aromatic rings. The molecule has 21 heavy (non-hydrogen) atoms. The van der Waals surface area contributed by atoms with Crippen LogP contribution in [0, 0.1) is 13.8 Å². The number of aryl methyl sites for hydroxylation is 2. The highest BCUT2D eigenvalue weighted by Crippen LogP contribution is 2.18. The average molecular weight is 313 g/mol. The third kappa shape index (κ3) is 8.08. The molecule has 1 rings (SSSR count). The van der Waals surface area contributed by atoms with Gasteiger partial charge in [-0.3, -0.25) is 4.79 Å². The molecule has 1 aromatic carbocycles. The Morgan fingerprint density at radius 3 is 2.29 bits per heavy atom. The van der Waals surface area contributed by atoms with Gasteiger partial charge in [0.15, 0.2) is 0 Å². The van der Waals surface area contributed by atoms with Crippen molar-refractivity contribution < 1.29 is 4.79 Å². The van der Waals surface area contributed by atoms with Crippen LogP contribution < -0.4 is 10.6 Å². The molecule has 0 bridgehead atoms. The fourth-order valence-electron chi connectivity index (χ4n) is 2.25. The fraction of sp³-hybridized carbons (Fsp3) is 0.588. The summed E-state index contributed by atoms with van der Waals surface area (Å²) in [5.74, 6) is 0.0379. The summed E-state index contributed by atoms with van der Waals surface area (Å²) >= 11 is 0. The van der Waals surface area contributed by atoms with Gasteiger partial charge in [0.25, 0.3) is 0 Å². The number of unbranched alkanes of at least 4 members (excludes halogenated alkanes) is 4. The average Bonchev–Trinajstić information content (AvgIpc) is 2.42. The molecule has 0 saturated heterocycles. The number of benzene rings is 1. The monoisotopic (exact) mass is 312 g/mol. The minimum absolute atomic E-state index is 0. The molecule has 0 unspecified atom stereocenters. The topological polar surface area (TPSA) is 41.1 Å². The van der Waals surface area contributed by atoms with Crippen LogP contribution in [0.2, 0.25) is 0 Å². The number of carbonyl (C=O) groups excluding carboxylic acids is 1. The van der Waals surface area contributed by atoms with Gasteiger partial charge in [0.05, 0.1) is 6.54 Å². The predicted octanol–water partition coefficient (Wildman–Crippen LogP) is 4.22. The van der Waals surface area contributed by atoms with Crippen LogP contribution in [0.3, 0.4) is 0 Å². The first-order valence-corrected chi connectivity index (χ1v) is 7.72. The van der Waals surface area contributed by atoms with E-state index in [4.69, 9.17) is 0 Å². The van der Waals surface area contributed by atoms with Gasteiger partial charge in [0.2, 0.25) is 5.91 Å². The molecule has 0 heterocycles. The van der Waals surface area contributed by atoms with Gasteiger partial charge in [0, 0.05) is 5.69 Å². The molecule has 0 spiro atoms. The zero-order chi connectivity index (χ0) is 14.8. The summed E-state index contributed by atoms with van der Waals surface area (Å²) in [4.78, 5) is 11.9. The molecule has 3 nitrogen and oxygen atoms in total. The molecule has 0 atom stereocenters. The van der Waals surface area contributed by atoms with Crippen LogP contribution in [-0.4, -0.2) is 19.0 Å². The summed E-state index contributed by atoms with van der Waals surface area (Å²) in [5, 5.41) is 6.20. The maximum Gasteiger partial charge on any atom is 0.238 e. The van der Waals surface area contributed by atoms with Gasteiger partial charge in [-0.1, -0.05) is 50.8 Å². The Hall–Kier alpha value is -1.06. The van der Waals surface area contributed by atoms with Crippen molar-refractivity contribution in [2.75, 3.05) is 18.4 Å². The summed E-state index contributed by atoms with van der Waals surface area (Å²) in [6.45, 7) is 7.56. The van der Waals surface area contributed by atoms with Crippen LogP contribution in [0.15, 0.2) is 18.2 Å². The van der Waals surface area contributed by atoms with Crippen LogP contribution in [0.25, 0.3) is 0 Å². The number of hydrogen-bond donors (Lipinski definition) is 2. The van der Waals surface area contributed by atoms with Gasteiger partial charge in [-0.25, -0.2) is 0 Å². The number of rotatable bonds is 9. The van der Waals surface area contributed by atoms with Crippen molar-refractivity contribution in [3.8, 4) is 0 Å². The molecule has 2 N–H and O–H groups in total. The van der Waals surface area contributed by atoms with Crippen LogP contribution in [-0.2, 0) is 4.79 Å². The molecule has 0 fully saturated rings. The van der Waals surface area contributed by atoms with Crippen LogP contribution in [0.1, 0.15) is 50.2 Å². The molecule has 0 radical (unpaired) electrons. The van der Waals surface area contributed by atoms with E-state index in [0.717, 1.165) is 29.8 Å². The first-order valence-electron chi connectivity index (χ1n) is 7.72. The van der Waals surface area contributed by atoms with Crippen molar-refractivity contribution in [3.05, 3.63) is 29.3 Å². The van der Waals surface area contributed by atoms with Crippen LogP contribution >= 0.6 is 12.4 Å². The molecular weight excluding hydrogens is 284 g/mol. The van der Waals surface area contributed by atoms with E-state index in [1.807, 2.05) is 32.0 Å². The van der Waals surface area contributed by atoms with E-state index in [1.165, 1.54) is 25.7 Å². The summed E-state index contributed by atoms with van der Waals surface area (Å²) in [6.07, 6.45) is 6.28. The Bertz CT molecular complexity index is 401. The third-order valence-electron chi connectivity index (χ3n) is 3.49. The Kier molecular flexibility index (Phi) is 11.0. The largest absolute Gasteiger partial charge is 0.324 e. The number of nitrogens with one attached hydrogen (secondary N) is 2. The molecule has 4 heteroatoms. The molecule has 0 aliphatic carbocycles. The van der Waals surface area contributed by atoms with Crippen LogP contribution in [0.5, 0.6) is 0 Å². The van der Waals surface area contributed by atoms with Crippen molar-refractivity contribution in [2.24, 2.45) is 0 Å². The minimum atomic E-state index is 0. The number of para-hydroxylation sites is 1. The number of halogens is 1. The van der Waals surface area contributed by atoms with Gasteiger partial charge in [0.1, 0.15) is 0 Å². The second kappa shape index (κ2) is 11.6. The second-order valence-electron chi connectivity index (χ2n) is 5.41. The highest BCUT2D eigenvalue weighted by molar-refractivity contribution is 5.93. The Labute approximate surface area is 135 Å². The van der Waals surface area contributed by atoms with E-state index >= 15 is 0 Å². The smallest absolute Gasteiger partial charge is 0.238 e. The number of anilines is 1. The molecule has 0 aliphatic rings. The van der Waals surface area contributed by atoms with Crippen molar-refractivity contribution in [1.29, 1.82) is 0 Å². The van der Waals surface area contributed by atoms with Crippen molar-refractivity contribution in [1.82, 2.24) is 5.32 Å². The lowest BCUT2D eigenvalue weighted by molar-refractivity contribution is -0.115. The first kappa shape index (κ1) is 19.9. The van der Waals surface area contributed by atoms with Crippen LogP contribution in [0.4, 0.5) is 5.69 Å². The van der Waals surface area contributed by atoms with Gasteiger partial charge in [-0.2, -0.15) is 0 Å². The van der Waals surface area contributed by atoms with Crippen molar-refractivity contribution in [3.63, 3.8) is 0 Å². The second-order valence-corrected chi connectivity index (χ2v) is 5.41. The Morgan fingerprint density at radius 1 is 1.05 bits per heavy atom. The quantitative estimate of drug-likeness (QED) is 0.670. The maximum absolute atomic E-state index is 11.9. The standard InChI is InChI=1S/C17H28N2O.ClH/c1-4-5-6-7-8-12-18-13-16(20)19-17-14(2)10-9-11-15(17)3;/h9-11,18H,4-8,12-13H2,1-3H3,(H,19,20);1H. The summed E-state index contributed by atoms with van der Waals surface area (Å²) in [7, 11) is 0. The fourth-order valence-corrected chi connectivity index (χ4v) is 2.25. The van der Waals surface area contributed by atoms with E-state index < -0.39 is 0 Å². The number of carbonyl (C=O) groups is 1. The molecular formula is C17H29ClN2O. The normalized spacial score (nSPS) is 10.0. The van der Waals surface area contributed by atoms with Crippen molar-refractivity contribution >= 4 is 24.0 Å². The molecule has 0 aromatic heterocycles. The molecule has 0 saturated carbocycles. The van der Waals surface area contributed by atoms with Gasteiger partial charge in [-0.15, -0.1) is 12.4 Å². The van der Waals surface area contributed by atoms with E-state index in [9.17, 15) is 4.79 Å². The highest BCUT2D eigenvalue weighted by Gasteiger charge is 2.06. The van der Waals surface area contributed by atoms with E-state index in [0.29, 0.717) is 6.54 Å². The zero-order valence-corrected chi connectivity index (χ0v) is 14.3. The third-order valence-corrected chi connectivity index (χ3v) is 3.49. The lowest BCUT2D eigenvalue weighted by Crippen LogP contribution is -2.29. The number of hydrogen-bond acceptors (Lipinski definition) is 2. The predicted molar refractivity (Wildman–Crippen MR) is 93.4 cm³/mol. The minimum Gasteiger partial charge on any atom is -0.324 e. The van der Waals surface area contributed by atoms with E-state index in [2.05, 4.69) is 17.6 Å². The van der Waals surface area contributed by atoms with Crippen molar-refractivity contribution in [2.45, 2.75) is 52.9 Å². The molecule has 0 aliphatic heterocycles. The maximum atomic E-state index is 11.9. The number of amides is 1. The Balaban J connectivity index is 0.00000400. The lowest BCUT2D eigenvalue weighted by Gasteiger charge is -2.11. The lowest BCUT2D eigenvalue weighted by atomic mass is 10.1. The van der Waals surface area contributed by atoms with Gasteiger partial charge < -0.3 is 10.6 Å². The summed E-state index contributed by atoms with van der Waals surface area (Å²) in [5.41, 5.74) is 3.16. The summed E-state index contributed by atoms with van der Waals surface area (Å²) in [6, 6.07) is 6.04.